The zero-order chi connectivity index (χ0) is 16.1. The Morgan fingerprint density at radius 3 is 2.64 bits per heavy atom. The van der Waals surface area contributed by atoms with E-state index in [-0.39, 0.29) is 11.3 Å². The topological polar surface area (TPSA) is 84.6 Å². The highest BCUT2D eigenvalue weighted by molar-refractivity contribution is 6.43. The van der Waals surface area contributed by atoms with Crippen molar-refractivity contribution < 1.29 is 9.72 Å². The Balaban J connectivity index is 2.15. The molecule has 0 bridgehead atoms. The Labute approximate surface area is 135 Å². The molecule has 1 amide bonds. The monoisotopic (exact) mass is 337 g/mol. The molecule has 0 aliphatic carbocycles. The first-order valence-corrected chi connectivity index (χ1v) is 6.77. The van der Waals surface area contributed by atoms with Crippen LogP contribution in [0.5, 0.6) is 0 Å². The van der Waals surface area contributed by atoms with Crippen molar-refractivity contribution in [2.45, 2.75) is 0 Å². The lowest BCUT2D eigenvalue weighted by atomic mass is 10.2. The lowest BCUT2D eigenvalue weighted by molar-refractivity contribution is -0.385. The van der Waals surface area contributed by atoms with Crippen molar-refractivity contribution in [3.05, 3.63) is 73.8 Å². The largest absolute Gasteiger partial charge is 0.282 e. The molecule has 22 heavy (non-hydrogen) atoms. The van der Waals surface area contributed by atoms with E-state index in [1.54, 1.807) is 18.2 Å². The van der Waals surface area contributed by atoms with Crippen LogP contribution in [0.1, 0.15) is 15.9 Å². The Bertz CT molecular complexity index is 763. The van der Waals surface area contributed by atoms with Gasteiger partial charge in [0, 0.05) is 11.6 Å². The first kappa shape index (κ1) is 15.9. The summed E-state index contributed by atoms with van der Waals surface area (Å²) in [7, 11) is 0. The fourth-order valence-corrected chi connectivity index (χ4v) is 2.02. The fourth-order valence-electron chi connectivity index (χ4n) is 1.67. The number of benzene rings is 2. The van der Waals surface area contributed by atoms with E-state index in [4.69, 9.17) is 23.2 Å². The molecule has 2 aromatic rings. The Morgan fingerprint density at radius 2 is 1.91 bits per heavy atom. The van der Waals surface area contributed by atoms with Crippen LogP contribution >= 0.6 is 23.2 Å². The first-order chi connectivity index (χ1) is 10.5. The number of nitrogens with zero attached hydrogens (tertiary/aromatic N) is 2. The van der Waals surface area contributed by atoms with Gasteiger partial charge in [0.25, 0.3) is 11.6 Å². The number of hydrogen-bond donors (Lipinski definition) is 1. The minimum Gasteiger partial charge on any atom is -0.267 e. The van der Waals surface area contributed by atoms with Gasteiger partial charge in [-0.05, 0) is 12.1 Å². The molecule has 6 nitrogen and oxygen atoms in total. The number of nitro benzene ring substituents is 1. The van der Waals surface area contributed by atoms with Crippen LogP contribution in [0, 0.1) is 10.1 Å². The van der Waals surface area contributed by atoms with E-state index in [1.165, 1.54) is 30.5 Å². The van der Waals surface area contributed by atoms with Gasteiger partial charge in [0.2, 0.25) is 0 Å². The number of amides is 1. The highest BCUT2D eigenvalue weighted by Crippen LogP contribution is 2.24. The molecule has 112 valence electrons. The van der Waals surface area contributed by atoms with Crippen molar-refractivity contribution in [3.8, 4) is 0 Å². The van der Waals surface area contributed by atoms with Gasteiger partial charge in [-0.3, -0.25) is 14.9 Å². The molecule has 0 spiro atoms. The summed E-state index contributed by atoms with van der Waals surface area (Å²) in [4.78, 5) is 22.1. The van der Waals surface area contributed by atoms with E-state index in [1.807, 2.05) is 0 Å². The van der Waals surface area contributed by atoms with Gasteiger partial charge in [-0.1, -0.05) is 47.5 Å². The van der Waals surface area contributed by atoms with Crippen LogP contribution in [0.15, 0.2) is 47.6 Å². The van der Waals surface area contributed by atoms with Gasteiger partial charge in [0.15, 0.2) is 0 Å². The second-order valence-corrected chi connectivity index (χ2v) is 4.90. The summed E-state index contributed by atoms with van der Waals surface area (Å²) in [5, 5.41) is 15.2. The molecule has 0 atom stereocenters. The van der Waals surface area contributed by atoms with Crippen molar-refractivity contribution in [1.29, 1.82) is 0 Å². The quantitative estimate of drug-likeness (QED) is 0.524. The molecule has 0 heterocycles. The molecule has 0 aromatic heterocycles. The number of para-hydroxylation sites is 1. The molecule has 1 N–H and O–H groups in total. The molecule has 0 aliphatic heterocycles. The standard InChI is InChI=1S/C14H9Cl2N3O3/c15-11-6-3-4-9(13(11)16)8-17-18-14(20)10-5-1-2-7-12(10)19(21)22/h1-8H,(H,18,20)/b17-8+. The summed E-state index contributed by atoms with van der Waals surface area (Å²) in [6, 6.07) is 10.5. The Morgan fingerprint density at radius 1 is 1.18 bits per heavy atom. The normalized spacial score (nSPS) is 10.6. The average Bonchev–Trinajstić information content (AvgIpc) is 2.51. The van der Waals surface area contributed by atoms with Crippen LogP contribution in [-0.2, 0) is 0 Å². The van der Waals surface area contributed by atoms with Crippen molar-refractivity contribution in [2.24, 2.45) is 5.10 Å². The molecule has 0 saturated heterocycles. The Kier molecular flexibility index (Phi) is 5.08. The van der Waals surface area contributed by atoms with Crippen molar-refractivity contribution >= 4 is 41.0 Å². The van der Waals surface area contributed by atoms with Gasteiger partial charge < -0.3 is 0 Å². The molecule has 8 heteroatoms. The Hall–Kier alpha value is -2.44. The van der Waals surface area contributed by atoms with Crippen molar-refractivity contribution in [2.75, 3.05) is 0 Å². The van der Waals surface area contributed by atoms with Crippen LogP contribution in [0.25, 0.3) is 0 Å². The maximum atomic E-state index is 11.9. The molecule has 0 unspecified atom stereocenters. The van der Waals surface area contributed by atoms with Gasteiger partial charge in [0.05, 0.1) is 21.2 Å². The highest BCUT2D eigenvalue weighted by atomic mass is 35.5. The molecule has 2 rings (SSSR count). The summed E-state index contributed by atoms with van der Waals surface area (Å²) < 4.78 is 0. The molecule has 0 radical (unpaired) electrons. The summed E-state index contributed by atoms with van der Waals surface area (Å²) >= 11 is 11.8. The van der Waals surface area contributed by atoms with E-state index in [0.717, 1.165) is 0 Å². The number of carbonyl (C=O) groups excluding carboxylic acids is 1. The van der Waals surface area contributed by atoms with Crippen molar-refractivity contribution in [1.82, 2.24) is 5.43 Å². The van der Waals surface area contributed by atoms with Crippen molar-refractivity contribution in [3.63, 3.8) is 0 Å². The fraction of sp³-hybridized carbons (Fsp3) is 0. The van der Waals surface area contributed by atoms with Crippen LogP contribution < -0.4 is 5.43 Å². The maximum absolute atomic E-state index is 11.9. The van der Waals surface area contributed by atoms with Crippen LogP contribution in [-0.4, -0.2) is 17.0 Å². The number of nitrogens with one attached hydrogen (secondary N) is 1. The second kappa shape index (κ2) is 7.02. The molecule has 2 aromatic carbocycles. The SMILES string of the molecule is O=C(N/N=C/c1cccc(Cl)c1Cl)c1ccccc1[N+](=O)[O-]. The number of carbonyl (C=O) groups is 1. The summed E-state index contributed by atoms with van der Waals surface area (Å²) in [5.41, 5.74) is 2.35. The lowest BCUT2D eigenvalue weighted by Crippen LogP contribution is -2.19. The number of hydrazone groups is 1. The molecule has 0 aliphatic rings. The lowest BCUT2D eigenvalue weighted by Gasteiger charge is -2.02. The van der Waals surface area contributed by atoms with E-state index >= 15 is 0 Å². The number of hydrogen-bond acceptors (Lipinski definition) is 4. The number of rotatable bonds is 4. The number of halogens is 2. The van der Waals surface area contributed by atoms with Crippen LogP contribution in [0.4, 0.5) is 5.69 Å². The molecule has 0 fully saturated rings. The zero-order valence-electron chi connectivity index (χ0n) is 11.0. The second-order valence-electron chi connectivity index (χ2n) is 4.12. The minimum atomic E-state index is -0.693. The smallest absolute Gasteiger partial charge is 0.267 e. The third-order valence-electron chi connectivity index (χ3n) is 2.70. The minimum absolute atomic E-state index is 0.0816. The van der Waals surface area contributed by atoms with Gasteiger partial charge in [-0.2, -0.15) is 5.10 Å². The van der Waals surface area contributed by atoms with Gasteiger partial charge in [-0.15, -0.1) is 0 Å². The van der Waals surface area contributed by atoms with E-state index in [2.05, 4.69) is 10.5 Å². The molecule has 0 saturated carbocycles. The van der Waals surface area contributed by atoms with Crippen LogP contribution in [0.3, 0.4) is 0 Å². The maximum Gasteiger partial charge on any atom is 0.282 e. The van der Waals surface area contributed by atoms with E-state index in [9.17, 15) is 14.9 Å². The van der Waals surface area contributed by atoms with Crippen LogP contribution in [0.2, 0.25) is 10.0 Å². The molecular formula is C14H9Cl2N3O3. The third kappa shape index (κ3) is 3.60. The predicted molar refractivity (Wildman–Crippen MR) is 84.6 cm³/mol. The van der Waals surface area contributed by atoms with Gasteiger partial charge >= 0.3 is 0 Å². The molecular weight excluding hydrogens is 329 g/mol. The van der Waals surface area contributed by atoms with Gasteiger partial charge in [-0.25, -0.2) is 5.43 Å². The first-order valence-electron chi connectivity index (χ1n) is 6.01. The average molecular weight is 338 g/mol. The highest BCUT2D eigenvalue weighted by Gasteiger charge is 2.18. The third-order valence-corrected chi connectivity index (χ3v) is 3.53. The zero-order valence-corrected chi connectivity index (χ0v) is 12.5. The van der Waals surface area contributed by atoms with E-state index in [0.29, 0.717) is 15.6 Å². The van der Waals surface area contributed by atoms with Gasteiger partial charge in [0.1, 0.15) is 5.56 Å². The predicted octanol–water partition coefficient (Wildman–Crippen LogP) is 3.67. The number of nitro groups is 1. The van der Waals surface area contributed by atoms with E-state index < -0.39 is 10.8 Å². The summed E-state index contributed by atoms with van der Waals surface area (Å²) in [5.74, 6) is -0.693. The summed E-state index contributed by atoms with van der Waals surface area (Å²) in [6.07, 6.45) is 1.31. The summed E-state index contributed by atoms with van der Waals surface area (Å²) in [6.45, 7) is 0.